The smallest absolute Gasteiger partial charge is 0.356 e. The third-order valence-electron chi connectivity index (χ3n) is 3.09. The summed E-state index contributed by atoms with van der Waals surface area (Å²) in [7, 11) is 0. The Hall–Kier alpha value is -1.88. The zero-order valence-corrected chi connectivity index (χ0v) is 10.1. The number of carbonyl (C=O) groups excluding carboxylic acids is 1. The second-order valence-electron chi connectivity index (χ2n) is 4.20. The number of hydrogen-bond acceptors (Lipinski definition) is 4. The van der Waals surface area contributed by atoms with Crippen LogP contribution in [0.3, 0.4) is 0 Å². The van der Waals surface area contributed by atoms with E-state index in [-0.39, 0.29) is 12.1 Å². The van der Waals surface area contributed by atoms with Gasteiger partial charge in [-0.2, -0.15) is 0 Å². The Morgan fingerprint density at radius 2 is 2.50 bits per heavy atom. The molecule has 2 aromatic rings. The number of fused-ring (bicyclic) bond motifs is 1. The van der Waals surface area contributed by atoms with E-state index in [1.165, 1.54) is 0 Å². The molecule has 18 heavy (non-hydrogen) atoms. The molecule has 1 atom stereocenters. The zero-order chi connectivity index (χ0) is 12.5. The Kier molecular flexibility index (Phi) is 2.76. The molecule has 2 aromatic heterocycles. The van der Waals surface area contributed by atoms with Crippen LogP contribution in [0.25, 0.3) is 5.65 Å². The largest absolute Gasteiger partial charge is 0.461 e. The van der Waals surface area contributed by atoms with Crippen LogP contribution in [0, 0.1) is 0 Å². The molecule has 0 radical (unpaired) electrons. The maximum absolute atomic E-state index is 11.7. The van der Waals surface area contributed by atoms with Gasteiger partial charge in [-0.1, -0.05) is 0 Å². The molecule has 0 bridgehead atoms. The highest BCUT2D eigenvalue weighted by atomic mass is 16.5. The summed E-state index contributed by atoms with van der Waals surface area (Å²) in [6, 6.07) is 3.91. The number of ether oxygens (including phenoxy) is 2. The Bertz CT molecular complexity index is 587. The standard InChI is InChI=1S/C13H14N2O3/c1-2-17-13(16)10-8-14-12-7-9(3-5-15(10)12)11-4-6-18-11/h3,5,7-8,11H,2,4,6H2,1H3. The number of rotatable bonds is 3. The molecular formula is C13H14N2O3. The van der Waals surface area contributed by atoms with Gasteiger partial charge in [-0.25, -0.2) is 9.78 Å². The van der Waals surface area contributed by atoms with Crippen molar-refractivity contribution in [2.75, 3.05) is 13.2 Å². The van der Waals surface area contributed by atoms with Gasteiger partial charge in [-0.05, 0) is 24.6 Å². The lowest BCUT2D eigenvalue weighted by Crippen LogP contribution is -2.18. The number of imidazole rings is 1. The van der Waals surface area contributed by atoms with Crippen molar-refractivity contribution in [3.05, 3.63) is 35.8 Å². The van der Waals surface area contributed by atoms with Crippen LogP contribution in [0.4, 0.5) is 0 Å². The second-order valence-corrected chi connectivity index (χ2v) is 4.20. The fourth-order valence-corrected chi connectivity index (χ4v) is 2.05. The van der Waals surface area contributed by atoms with Crippen LogP contribution in [0.5, 0.6) is 0 Å². The van der Waals surface area contributed by atoms with E-state index < -0.39 is 0 Å². The van der Waals surface area contributed by atoms with Gasteiger partial charge < -0.3 is 9.47 Å². The van der Waals surface area contributed by atoms with Crippen molar-refractivity contribution in [3.8, 4) is 0 Å². The minimum absolute atomic E-state index is 0.178. The minimum atomic E-state index is -0.349. The Morgan fingerprint density at radius 3 is 3.17 bits per heavy atom. The summed E-state index contributed by atoms with van der Waals surface area (Å²) in [5.74, 6) is -0.349. The van der Waals surface area contributed by atoms with Crippen molar-refractivity contribution in [1.29, 1.82) is 0 Å². The molecule has 1 aliphatic rings. The van der Waals surface area contributed by atoms with E-state index in [2.05, 4.69) is 4.98 Å². The normalized spacial score (nSPS) is 18.6. The molecular weight excluding hydrogens is 232 g/mol. The second kappa shape index (κ2) is 4.42. The van der Waals surface area contributed by atoms with Crippen molar-refractivity contribution < 1.29 is 14.3 Å². The molecule has 94 valence electrons. The minimum Gasteiger partial charge on any atom is -0.461 e. The van der Waals surface area contributed by atoms with Gasteiger partial charge >= 0.3 is 5.97 Å². The van der Waals surface area contributed by atoms with Crippen LogP contribution in [-0.4, -0.2) is 28.6 Å². The molecule has 0 amide bonds. The van der Waals surface area contributed by atoms with Crippen LogP contribution >= 0.6 is 0 Å². The van der Waals surface area contributed by atoms with Gasteiger partial charge in [0, 0.05) is 12.6 Å². The molecule has 0 N–H and O–H groups in total. The van der Waals surface area contributed by atoms with Gasteiger partial charge in [0.1, 0.15) is 5.65 Å². The Labute approximate surface area is 104 Å². The Balaban J connectivity index is 1.96. The van der Waals surface area contributed by atoms with E-state index in [0.717, 1.165) is 24.2 Å². The van der Waals surface area contributed by atoms with Crippen molar-refractivity contribution in [1.82, 2.24) is 9.38 Å². The highest BCUT2D eigenvalue weighted by Gasteiger charge is 2.21. The number of carbonyl (C=O) groups is 1. The van der Waals surface area contributed by atoms with Crippen LogP contribution < -0.4 is 0 Å². The van der Waals surface area contributed by atoms with Crippen LogP contribution in [0.2, 0.25) is 0 Å². The van der Waals surface area contributed by atoms with Crippen LogP contribution in [-0.2, 0) is 9.47 Å². The lowest BCUT2D eigenvalue weighted by molar-refractivity contribution is -0.0527. The van der Waals surface area contributed by atoms with Gasteiger partial charge in [0.25, 0.3) is 0 Å². The van der Waals surface area contributed by atoms with Gasteiger partial charge in [-0.3, -0.25) is 4.40 Å². The fraction of sp³-hybridized carbons (Fsp3) is 0.385. The quantitative estimate of drug-likeness (QED) is 0.777. The van der Waals surface area contributed by atoms with E-state index >= 15 is 0 Å². The predicted molar refractivity (Wildman–Crippen MR) is 64.5 cm³/mol. The average Bonchev–Trinajstić information content (AvgIpc) is 2.70. The maximum atomic E-state index is 11.7. The molecule has 3 heterocycles. The van der Waals surface area contributed by atoms with E-state index in [0.29, 0.717) is 12.3 Å². The molecule has 0 aliphatic carbocycles. The van der Waals surface area contributed by atoms with Gasteiger partial charge in [0.2, 0.25) is 0 Å². The molecule has 1 fully saturated rings. The van der Waals surface area contributed by atoms with Gasteiger partial charge in [-0.15, -0.1) is 0 Å². The summed E-state index contributed by atoms with van der Waals surface area (Å²) in [6.07, 6.45) is 4.60. The number of aromatic nitrogens is 2. The average molecular weight is 246 g/mol. The first kappa shape index (κ1) is 11.2. The molecule has 1 aliphatic heterocycles. The van der Waals surface area contributed by atoms with Crippen LogP contribution in [0.15, 0.2) is 24.5 Å². The van der Waals surface area contributed by atoms with Crippen molar-refractivity contribution in [2.24, 2.45) is 0 Å². The fourth-order valence-electron chi connectivity index (χ4n) is 2.05. The molecule has 1 unspecified atom stereocenters. The van der Waals surface area contributed by atoms with E-state index in [1.807, 2.05) is 18.3 Å². The molecule has 0 saturated carbocycles. The summed E-state index contributed by atoms with van der Waals surface area (Å²) in [4.78, 5) is 15.9. The van der Waals surface area contributed by atoms with Crippen molar-refractivity contribution in [3.63, 3.8) is 0 Å². The molecule has 3 rings (SSSR count). The predicted octanol–water partition coefficient (Wildman–Crippen LogP) is 1.97. The van der Waals surface area contributed by atoms with Crippen molar-refractivity contribution in [2.45, 2.75) is 19.4 Å². The third kappa shape index (κ3) is 1.76. The number of hydrogen-bond donors (Lipinski definition) is 0. The van der Waals surface area contributed by atoms with Crippen molar-refractivity contribution >= 4 is 11.6 Å². The topological polar surface area (TPSA) is 52.8 Å². The summed E-state index contributed by atoms with van der Waals surface area (Å²) in [6.45, 7) is 2.96. The van der Waals surface area contributed by atoms with E-state index in [9.17, 15) is 4.79 Å². The highest BCUT2D eigenvalue weighted by molar-refractivity contribution is 5.88. The monoisotopic (exact) mass is 246 g/mol. The third-order valence-corrected chi connectivity index (χ3v) is 3.09. The summed E-state index contributed by atoms with van der Waals surface area (Å²) >= 11 is 0. The highest BCUT2D eigenvalue weighted by Crippen LogP contribution is 2.29. The van der Waals surface area contributed by atoms with Crippen LogP contribution in [0.1, 0.15) is 35.5 Å². The first-order valence-corrected chi connectivity index (χ1v) is 6.05. The number of pyridine rings is 1. The van der Waals surface area contributed by atoms with Gasteiger partial charge in [0.15, 0.2) is 5.69 Å². The maximum Gasteiger partial charge on any atom is 0.356 e. The first-order chi connectivity index (χ1) is 8.79. The number of nitrogens with zero attached hydrogens (tertiary/aromatic N) is 2. The SMILES string of the molecule is CCOC(=O)c1cnc2cc(C3CCO3)ccn12. The Morgan fingerprint density at radius 1 is 1.67 bits per heavy atom. The molecule has 5 heteroatoms. The molecule has 0 aromatic carbocycles. The first-order valence-electron chi connectivity index (χ1n) is 6.05. The zero-order valence-electron chi connectivity index (χ0n) is 10.1. The summed E-state index contributed by atoms with van der Waals surface area (Å²) in [5, 5.41) is 0. The molecule has 0 spiro atoms. The molecule has 1 saturated heterocycles. The van der Waals surface area contributed by atoms with E-state index in [1.54, 1.807) is 17.5 Å². The lowest BCUT2D eigenvalue weighted by Gasteiger charge is -2.26. The lowest BCUT2D eigenvalue weighted by atomic mass is 10.1. The molecule has 5 nitrogen and oxygen atoms in total. The summed E-state index contributed by atoms with van der Waals surface area (Å²) in [5.41, 5.74) is 2.30. The van der Waals surface area contributed by atoms with Gasteiger partial charge in [0.05, 0.1) is 25.5 Å². The van der Waals surface area contributed by atoms with E-state index in [4.69, 9.17) is 9.47 Å². The number of esters is 1. The summed E-state index contributed by atoms with van der Waals surface area (Å²) < 4.78 is 12.1.